The third-order valence-corrected chi connectivity index (χ3v) is 7.49. The summed E-state index contributed by atoms with van der Waals surface area (Å²) < 4.78 is 1.91. The predicted octanol–water partition coefficient (Wildman–Crippen LogP) is 5.06. The molecule has 1 saturated carbocycles. The Morgan fingerprint density at radius 3 is 2.68 bits per heavy atom. The number of imidazole rings is 1. The second-order valence-electron chi connectivity index (χ2n) is 8.93. The van der Waals surface area contributed by atoms with Crippen molar-refractivity contribution in [3.8, 4) is 11.3 Å². The lowest BCUT2D eigenvalue weighted by atomic mass is 9.99. The Kier molecular flexibility index (Phi) is 5.52. The van der Waals surface area contributed by atoms with E-state index in [-0.39, 0.29) is 17.7 Å². The smallest absolute Gasteiger partial charge is 0.271 e. The van der Waals surface area contributed by atoms with Gasteiger partial charge in [0.1, 0.15) is 5.69 Å². The van der Waals surface area contributed by atoms with Gasteiger partial charge in [-0.25, -0.2) is 4.98 Å². The van der Waals surface area contributed by atoms with Crippen molar-refractivity contribution in [3.05, 3.63) is 41.5 Å². The Bertz CT molecular complexity index is 1100. The number of carbonyl (C=O) groups excluding carboxylic acids is 2. The highest BCUT2D eigenvalue weighted by Gasteiger charge is 2.25. The number of hydrogen-bond donors (Lipinski definition) is 1. The number of fused-ring (bicyclic) bond motifs is 1. The summed E-state index contributed by atoms with van der Waals surface area (Å²) in [5.41, 5.74) is 3.22. The molecular weight excluding hydrogens is 408 g/mol. The number of anilines is 1. The van der Waals surface area contributed by atoms with Gasteiger partial charge in [0.25, 0.3) is 5.91 Å². The van der Waals surface area contributed by atoms with Crippen molar-refractivity contribution in [1.82, 2.24) is 14.3 Å². The fourth-order valence-electron chi connectivity index (χ4n) is 4.64. The Balaban J connectivity index is 1.36. The monoisotopic (exact) mass is 436 g/mol. The molecule has 0 bridgehead atoms. The molecule has 0 radical (unpaired) electrons. The molecule has 1 N–H and O–H groups in total. The maximum atomic E-state index is 13.1. The van der Waals surface area contributed by atoms with E-state index in [0.717, 1.165) is 73.5 Å². The number of aromatic nitrogens is 2. The lowest BCUT2D eigenvalue weighted by Gasteiger charge is -2.30. The van der Waals surface area contributed by atoms with E-state index in [0.29, 0.717) is 11.6 Å². The van der Waals surface area contributed by atoms with E-state index in [4.69, 9.17) is 4.98 Å². The van der Waals surface area contributed by atoms with Crippen molar-refractivity contribution < 1.29 is 9.59 Å². The van der Waals surface area contributed by atoms with Gasteiger partial charge in [-0.1, -0.05) is 31.9 Å². The first-order chi connectivity index (χ1) is 15.1. The summed E-state index contributed by atoms with van der Waals surface area (Å²) in [5.74, 6) is 1.02. The van der Waals surface area contributed by atoms with Crippen molar-refractivity contribution >= 4 is 33.8 Å². The molecule has 0 unspecified atom stereocenters. The highest BCUT2D eigenvalue weighted by Crippen LogP contribution is 2.29. The second kappa shape index (κ2) is 8.46. The van der Waals surface area contributed by atoms with E-state index in [9.17, 15) is 9.59 Å². The minimum atomic E-state index is 0.0830. The van der Waals surface area contributed by atoms with E-state index < -0.39 is 0 Å². The molecule has 1 saturated heterocycles. The Labute approximate surface area is 186 Å². The summed E-state index contributed by atoms with van der Waals surface area (Å²) >= 11 is 1.49. The number of thiazole rings is 1. The molecule has 6 nitrogen and oxygen atoms in total. The largest absolute Gasteiger partial charge is 0.337 e. The summed E-state index contributed by atoms with van der Waals surface area (Å²) in [6, 6.07) is 7.81. The summed E-state index contributed by atoms with van der Waals surface area (Å²) in [6.45, 7) is 3.89. The summed E-state index contributed by atoms with van der Waals surface area (Å²) in [5, 5.41) is 4.97. The molecule has 3 heterocycles. The molecule has 1 aliphatic carbocycles. The van der Waals surface area contributed by atoms with Crippen LogP contribution in [0.1, 0.15) is 55.9 Å². The molecule has 7 heteroatoms. The van der Waals surface area contributed by atoms with E-state index in [1.807, 2.05) is 45.1 Å². The van der Waals surface area contributed by atoms with Crippen LogP contribution in [0.4, 0.5) is 5.69 Å². The first kappa shape index (κ1) is 20.2. The molecular formula is C24H28N4O2S. The topological polar surface area (TPSA) is 66.7 Å². The number of piperidine rings is 1. The van der Waals surface area contributed by atoms with E-state index >= 15 is 0 Å². The molecule has 2 aromatic heterocycles. The summed E-state index contributed by atoms with van der Waals surface area (Å²) in [7, 11) is 0. The van der Waals surface area contributed by atoms with Crippen LogP contribution in [-0.4, -0.2) is 39.2 Å². The van der Waals surface area contributed by atoms with Crippen molar-refractivity contribution in [2.24, 2.45) is 11.8 Å². The van der Waals surface area contributed by atoms with Gasteiger partial charge in [0.15, 0.2) is 4.96 Å². The van der Waals surface area contributed by atoms with Crippen LogP contribution >= 0.6 is 11.3 Å². The molecule has 2 amide bonds. The van der Waals surface area contributed by atoms with Gasteiger partial charge in [0, 0.05) is 41.8 Å². The fraction of sp³-hybridized carbons (Fsp3) is 0.458. The normalized spacial score (nSPS) is 18.0. The first-order valence-corrected chi connectivity index (χ1v) is 12.1. The van der Waals surface area contributed by atoms with Crippen LogP contribution in [0.15, 0.2) is 35.8 Å². The third kappa shape index (κ3) is 4.11. The van der Waals surface area contributed by atoms with Crippen LogP contribution in [0.5, 0.6) is 0 Å². The van der Waals surface area contributed by atoms with Crippen LogP contribution in [0.25, 0.3) is 16.2 Å². The van der Waals surface area contributed by atoms with E-state index in [2.05, 4.69) is 12.2 Å². The minimum Gasteiger partial charge on any atom is -0.337 e. The Morgan fingerprint density at radius 1 is 1.13 bits per heavy atom. The number of benzene rings is 1. The summed E-state index contributed by atoms with van der Waals surface area (Å²) in [4.78, 5) is 33.1. The lowest BCUT2D eigenvalue weighted by Crippen LogP contribution is -2.38. The van der Waals surface area contributed by atoms with Crippen LogP contribution in [-0.2, 0) is 4.79 Å². The quantitative estimate of drug-likeness (QED) is 0.621. The van der Waals surface area contributed by atoms with Crippen molar-refractivity contribution in [1.29, 1.82) is 0 Å². The lowest BCUT2D eigenvalue weighted by molar-refractivity contribution is -0.119. The van der Waals surface area contributed by atoms with E-state index in [1.165, 1.54) is 11.3 Å². The SMILES string of the molecule is CC1CCN(C(=O)c2csc3nc(-c4cccc(NC(=O)C5CCCC5)c4)cn23)CC1. The molecule has 31 heavy (non-hydrogen) atoms. The molecule has 1 aromatic carbocycles. The number of rotatable bonds is 4. The molecule has 5 rings (SSSR count). The fourth-order valence-corrected chi connectivity index (χ4v) is 5.49. The predicted molar refractivity (Wildman–Crippen MR) is 123 cm³/mol. The summed E-state index contributed by atoms with van der Waals surface area (Å²) in [6.07, 6.45) is 8.30. The minimum absolute atomic E-state index is 0.0830. The zero-order valence-corrected chi connectivity index (χ0v) is 18.7. The average molecular weight is 437 g/mol. The number of carbonyl (C=O) groups is 2. The van der Waals surface area contributed by atoms with Gasteiger partial charge in [-0.3, -0.25) is 14.0 Å². The van der Waals surface area contributed by atoms with Gasteiger partial charge in [0.2, 0.25) is 5.91 Å². The van der Waals surface area contributed by atoms with Crippen molar-refractivity contribution in [2.45, 2.75) is 45.4 Å². The third-order valence-electron chi connectivity index (χ3n) is 6.65. The Morgan fingerprint density at radius 2 is 1.90 bits per heavy atom. The zero-order chi connectivity index (χ0) is 21.4. The van der Waals surface area contributed by atoms with Gasteiger partial charge in [0.05, 0.1) is 5.69 Å². The van der Waals surface area contributed by atoms with E-state index in [1.54, 1.807) is 0 Å². The van der Waals surface area contributed by atoms with Crippen molar-refractivity contribution in [3.63, 3.8) is 0 Å². The van der Waals surface area contributed by atoms with Gasteiger partial charge >= 0.3 is 0 Å². The molecule has 3 aromatic rings. The van der Waals surface area contributed by atoms with Crippen LogP contribution in [0, 0.1) is 11.8 Å². The molecule has 162 valence electrons. The maximum absolute atomic E-state index is 13.1. The standard InChI is InChI=1S/C24H28N4O2S/c1-16-9-11-27(12-10-16)23(30)21-15-31-24-26-20(14-28(21)24)18-7-4-8-19(13-18)25-22(29)17-5-2-3-6-17/h4,7-8,13-17H,2-3,5-6,9-12H2,1H3,(H,25,29). The van der Waals surface area contributed by atoms with Crippen molar-refractivity contribution in [2.75, 3.05) is 18.4 Å². The maximum Gasteiger partial charge on any atom is 0.271 e. The van der Waals surface area contributed by atoms with Gasteiger partial charge in [-0.05, 0) is 43.7 Å². The molecule has 0 atom stereocenters. The molecule has 0 spiro atoms. The first-order valence-electron chi connectivity index (χ1n) is 11.3. The number of nitrogens with one attached hydrogen (secondary N) is 1. The number of amides is 2. The molecule has 2 aliphatic rings. The molecule has 2 fully saturated rings. The van der Waals surface area contributed by atoms with Gasteiger partial charge in [-0.2, -0.15) is 0 Å². The van der Waals surface area contributed by atoms with Crippen LogP contribution < -0.4 is 5.32 Å². The van der Waals surface area contributed by atoms with Crippen LogP contribution in [0.3, 0.4) is 0 Å². The number of nitrogens with zero attached hydrogens (tertiary/aromatic N) is 3. The number of hydrogen-bond acceptors (Lipinski definition) is 4. The second-order valence-corrected chi connectivity index (χ2v) is 9.76. The van der Waals surface area contributed by atoms with Gasteiger partial charge < -0.3 is 10.2 Å². The highest BCUT2D eigenvalue weighted by atomic mass is 32.1. The highest BCUT2D eigenvalue weighted by molar-refractivity contribution is 7.15. The zero-order valence-electron chi connectivity index (χ0n) is 17.8. The van der Waals surface area contributed by atoms with Crippen LogP contribution in [0.2, 0.25) is 0 Å². The average Bonchev–Trinajstić information content (AvgIpc) is 3.51. The van der Waals surface area contributed by atoms with Gasteiger partial charge in [-0.15, -0.1) is 11.3 Å². The number of likely N-dealkylation sites (tertiary alicyclic amines) is 1. The Hall–Kier alpha value is -2.67. The molecule has 1 aliphatic heterocycles.